The van der Waals surface area contributed by atoms with Crippen LogP contribution in [0.3, 0.4) is 0 Å². The number of rotatable bonds is 5. The molecule has 0 heterocycles. The molecule has 6 nitrogen and oxygen atoms in total. The lowest BCUT2D eigenvalue weighted by atomic mass is 10.1. The van der Waals surface area contributed by atoms with Gasteiger partial charge in [0.05, 0.1) is 0 Å². The highest BCUT2D eigenvalue weighted by Gasteiger charge is 2.17. The highest BCUT2D eigenvalue weighted by Crippen LogP contribution is 2.17. The number of carbonyl (C=O) groups is 2. The van der Waals surface area contributed by atoms with Crippen molar-refractivity contribution in [1.82, 2.24) is 4.90 Å². The minimum Gasteiger partial charge on any atom is -0.477 e. The van der Waals surface area contributed by atoms with Crippen LogP contribution in [0, 0.1) is 0 Å². The molecule has 0 unspecified atom stereocenters. The number of ether oxygens (including phenoxy) is 1. The first kappa shape index (κ1) is 19.5. The van der Waals surface area contributed by atoms with Crippen LogP contribution >= 0.6 is 0 Å². The Kier molecular flexibility index (Phi) is 6.40. The summed E-state index contributed by atoms with van der Waals surface area (Å²) in [4.78, 5) is 24.8. The Morgan fingerprint density at radius 1 is 1.25 bits per heavy atom. The lowest BCUT2D eigenvalue weighted by Gasteiger charge is -2.22. The number of hydrogen-bond donors (Lipinski definition) is 2. The first-order valence-electron chi connectivity index (χ1n) is 7.70. The molecule has 1 rings (SSSR count). The van der Waals surface area contributed by atoms with Crippen molar-refractivity contribution in [2.75, 3.05) is 12.4 Å². The largest absolute Gasteiger partial charge is 0.477 e. The van der Waals surface area contributed by atoms with E-state index in [9.17, 15) is 14.7 Å². The van der Waals surface area contributed by atoms with Crippen LogP contribution in [0.4, 0.5) is 10.5 Å². The van der Waals surface area contributed by atoms with Gasteiger partial charge in [-0.05, 0) is 57.9 Å². The zero-order chi connectivity index (χ0) is 18.5. The predicted octanol–water partition coefficient (Wildman–Crippen LogP) is 3.84. The number of allylic oxidation sites excluding steroid dienone is 1. The smallest absolute Gasteiger partial charge is 0.412 e. The molecule has 0 radical (unpaired) electrons. The summed E-state index contributed by atoms with van der Waals surface area (Å²) < 4.78 is 5.22. The third-order valence-corrected chi connectivity index (χ3v) is 3.05. The quantitative estimate of drug-likeness (QED) is 0.800. The molecule has 0 saturated carbocycles. The van der Waals surface area contributed by atoms with Gasteiger partial charge in [-0.3, -0.25) is 5.32 Å². The minimum atomic E-state index is -0.958. The van der Waals surface area contributed by atoms with Crippen LogP contribution < -0.4 is 5.32 Å². The van der Waals surface area contributed by atoms with Gasteiger partial charge >= 0.3 is 12.1 Å². The van der Waals surface area contributed by atoms with E-state index in [1.54, 1.807) is 64.8 Å². The van der Waals surface area contributed by atoms with E-state index >= 15 is 0 Å². The van der Waals surface area contributed by atoms with Crippen molar-refractivity contribution in [1.29, 1.82) is 0 Å². The molecule has 1 aromatic carbocycles. The number of hydrogen-bond acceptors (Lipinski definition) is 4. The molecule has 0 fully saturated rings. The monoisotopic (exact) mass is 334 g/mol. The second kappa shape index (κ2) is 7.86. The Morgan fingerprint density at radius 2 is 1.88 bits per heavy atom. The van der Waals surface area contributed by atoms with Crippen molar-refractivity contribution in [2.45, 2.75) is 46.8 Å². The average molecular weight is 334 g/mol. The fraction of sp³-hybridized carbons (Fsp3) is 0.444. The topological polar surface area (TPSA) is 78.9 Å². The highest BCUT2D eigenvalue weighted by molar-refractivity contribution is 5.86. The number of nitrogens with zero attached hydrogens (tertiary/aromatic N) is 1. The summed E-state index contributed by atoms with van der Waals surface area (Å²) in [6.07, 6.45) is -0.525. The molecule has 0 aliphatic heterocycles. The summed E-state index contributed by atoms with van der Waals surface area (Å²) in [5.41, 5.74) is 1.91. The number of likely N-dealkylation sites (N-methyl/N-ethyl adjacent to an activating group) is 1. The summed E-state index contributed by atoms with van der Waals surface area (Å²) in [5, 5.41) is 12.0. The number of amides is 1. The van der Waals surface area contributed by atoms with Crippen LogP contribution in [0.2, 0.25) is 0 Å². The zero-order valence-corrected chi connectivity index (χ0v) is 15.1. The third kappa shape index (κ3) is 6.32. The molecule has 0 aromatic heterocycles. The van der Waals surface area contributed by atoms with Crippen molar-refractivity contribution in [3.05, 3.63) is 41.1 Å². The number of aliphatic carboxylic acids is 1. The summed E-state index contributed by atoms with van der Waals surface area (Å²) in [6, 6.07) is 7.23. The lowest BCUT2D eigenvalue weighted by molar-refractivity contribution is -0.134. The van der Waals surface area contributed by atoms with Gasteiger partial charge in [-0.25, -0.2) is 9.59 Å². The Morgan fingerprint density at radius 3 is 2.38 bits per heavy atom. The number of carbonyl (C=O) groups excluding carboxylic acids is 1. The van der Waals surface area contributed by atoms with E-state index in [-0.39, 0.29) is 5.70 Å². The van der Waals surface area contributed by atoms with E-state index in [1.807, 2.05) is 6.07 Å². The summed E-state index contributed by atoms with van der Waals surface area (Å²) >= 11 is 0. The van der Waals surface area contributed by atoms with Gasteiger partial charge < -0.3 is 14.7 Å². The van der Waals surface area contributed by atoms with Gasteiger partial charge in [-0.1, -0.05) is 12.1 Å². The van der Waals surface area contributed by atoms with Crippen LogP contribution in [0.25, 0.3) is 0 Å². The molecule has 6 heteroatoms. The molecule has 0 saturated heterocycles. The Bertz CT molecular complexity index is 641. The van der Waals surface area contributed by atoms with E-state index in [0.29, 0.717) is 12.2 Å². The molecule has 1 aromatic rings. The van der Waals surface area contributed by atoms with E-state index in [2.05, 4.69) is 5.32 Å². The number of anilines is 1. The minimum absolute atomic E-state index is 0.264. The fourth-order valence-corrected chi connectivity index (χ4v) is 2.28. The van der Waals surface area contributed by atoms with Gasteiger partial charge in [0.1, 0.15) is 11.3 Å². The van der Waals surface area contributed by atoms with Crippen LogP contribution in [0.15, 0.2) is 35.5 Å². The van der Waals surface area contributed by atoms with Gasteiger partial charge in [0.25, 0.3) is 0 Å². The van der Waals surface area contributed by atoms with Crippen molar-refractivity contribution >= 4 is 17.7 Å². The summed E-state index contributed by atoms with van der Waals surface area (Å²) in [6.45, 7) is 9.33. The van der Waals surface area contributed by atoms with Crippen molar-refractivity contribution in [3.8, 4) is 0 Å². The predicted molar refractivity (Wildman–Crippen MR) is 93.8 cm³/mol. The number of benzene rings is 1. The third-order valence-electron chi connectivity index (χ3n) is 3.05. The Balaban J connectivity index is 2.84. The molecule has 0 spiro atoms. The van der Waals surface area contributed by atoms with Gasteiger partial charge in [-0.15, -0.1) is 0 Å². The van der Waals surface area contributed by atoms with E-state index in [1.165, 1.54) is 0 Å². The van der Waals surface area contributed by atoms with Crippen molar-refractivity contribution in [3.63, 3.8) is 0 Å². The maximum Gasteiger partial charge on any atom is 0.412 e. The SMILES string of the molecule is CC(C)=C(C(=O)O)N(C)Cc1cccc(NC(=O)OC(C)(C)C)c1. The molecule has 0 atom stereocenters. The van der Waals surface area contributed by atoms with E-state index in [0.717, 1.165) is 11.1 Å². The maximum absolute atomic E-state index is 11.8. The molecular weight excluding hydrogens is 308 g/mol. The van der Waals surface area contributed by atoms with Crippen LogP contribution in [-0.2, 0) is 16.1 Å². The second-order valence-corrected chi connectivity index (χ2v) is 6.84. The highest BCUT2D eigenvalue weighted by atomic mass is 16.6. The van der Waals surface area contributed by atoms with Gasteiger partial charge in [0.15, 0.2) is 0 Å². The van der Waals surface area contributed by atoms with Crippen molar-refractivity contribution in [2.24, 2.45) is 0 Å². The van der Waals surface area contributed by atoms with Crippen LogP contribution in [0.1, 0.15) is 40.2 Å². The molecule has 0 bridgehead atoms. The van der Waals surface area contributed by atoms with E-state index in [4.69, 9.17) is 4.74 Å². The van der Waals surface area contributed by atoms with Crippen molar-refractivity contribution < 1.29 is 19.4 Å². The van der Waals surface area contributed by atoms with Gasteiger partial charge in [-0.2, -0.15) is 0 Å². The maximum atomic E-state index is 11.8. The Labute approximate surface area is 143 Å². The fourth-order valence-electron chi connectivity index (χ4n) is 2.28. The Hall–Kier alpha value is -2.50. The van der Waals surface area contributed by atoms with Gasteiger partial charge in [0.2, 0.25) is 0 Å². The summed E-state index contributed by atoms with van der Waals surface area (Å²) in [7, 11) is 1.73. The molecule has 132 valence electrons. The molecule has 0 aliphatic carbocycles. The lowest BCUT2D eigenvalue weighted by Crippen LogP contribution is -2.27. The molecule has 2 N–H and O–H groups in total. The van der Waals surface area contributed by atoms with Gasteiger partial charge in [0, 0.05) is 19.3 Å². The second-order valence-electron chi connectivity index (χ2n) is 6.84. The normalized spacial score (nSPS) is 10.8. The molecular formula is C18H26N2O4. The molecule has 1 amide bonds. The first-order chi connectivity index (χ1) is 11.0. The average Bonchev–Trinajstić information content (AvgIpc) is 2.35. The zero-order valence-electron chi connectivity index (χ0n) is 15.1. The summed E-state index contributed by atoms with van der Waals surface area (Å²) in [5.74, 6) is -0.958. The molecule has 24 heavy (non-hydrogen) atoms. The molecule has 0 aliphatic rings. The van der Waals surface area contributed by atoms with Crippen LogP contribution in [0.5, 0.6) is 0 Å². The van der Waals surface area contributed by atoms with Crippen LogP contribution in [-0.4, -0.2) is 34.7 Å². The first-order valence-corrected chi connectivity index (χ1v) is 7.70. The standard InChI is InChI=1S/C18H26N2O4/c1-12(2)15(16(21)22)20(6)11-13-8-7-9-14(10-13)19-17(23)24-18(3,4)5/h7-10H,11H2,1-6H3,(H,19,23)(H,21,22). The number of carboxylic acids is 1. The number of carboxylic acid groups (broad SMARTS) is 1. The van der Waals surface area contributed by atoms with E-state index < -0.39 is 17.7 Å². The number of nitrogens with one attached hydrogen (secondary N) is 1.